The third-order valence-electron chi connectivity index (χ3n) is 7.98. The lowest BCUT2D eigenvalue weighted by atomic mass is 9.92. The summed E-state index contributed by atoms with van der Waals surface area (Å²) in [4.78, 5) is 18.8. The number of rotatable bonds is 8. The molecule has 1 saturated heterocycles. The number of tetrazole rings is 1. The molecule has 2 unspecified atom stereocenters. The third kappa shape index (κ3) is 5.19. The normalized spacial score (nSPS) is 20.2. The fourth-order valence-corrected chi connectivity index (χ4v) is 5.87. The van der Waals surface area contributed by atoms with Crippen LogP contribution in [0.2, 0.25) is 0 Å². The Morgan fingerprint density at radius 1 is 1.11 bits per heavy atom. The van der Waals surface area contributed by atoms with Gasteiger partial charge < -0.3 is 9.72 Å². The van der Waals surface area contributed by atoms with Crippen LogP contribution < -0.4 is 5.56 Å². The van der Waals surface area contributed by atoms with Gasteiger partial charge in [-0.3, -0.25) is 9.69 Å². The van der Waals surface area contributed by atoms with Crippen LogP contribution in [0.15, 0.2) is 23.0 Å². The molecular weight excluding hydrogens is 440 g/mol. The van der Waals surface area contributed by atoms with E-state index < -0.39 is 0 Å². The van der Waals surface area contributed by atoms with Crippen LogP contribution >= 0.6 is 0 Å². The van der Waals surface area contributed by atoms with Crippen LogP contribution in [-0.2, 0) is 17.8 Å². The predicted octanol–water partition coefficient (Wildman–Crippen LogP) is 4.60. The van der Waals surface area contributed by atoms with Crippen LogP contribution in [0.25, 0.3) is 10.9 Å². The molecule has 2 aromatic heterocycles. The molecule has 0 amide bonds. The van der Waals surface area contributed by atoms with Crippen molar-refractivity contribution in [2.75, 3.05) is 6.61 Å². The van der Waals surface area contributed by atoms with Crippen LogP contribution in [0.1, 0.15) is 86.8 Å². The first-order valence-electron chi connectivity index (χ1n) is 13.3. The monoisotopic (exact) mass is 478 g/mol. The molecule has 1 saturated carbocycles. The van der Waals surface area contributed by atoms with Gasteiger partial charge in [-0.1, -0.05) is 26.2 Å². The molecule has 1 aliphatic heterocycles. The summed E-state index contributed by atoms with van der Waals surface area (Å²) < 4.78 is 7.81. The number of pyridine rings is 1. The summed E-state index contributed by atoms with van der Waals surface area (Å²) in [7, 11) is 0. The lowest BCUT2D eigenvalue weighted by Crippen LogP contribution is -2.41. The quantitative estimate of drug-likeness (QED) is 0.509. The Labute approximate surface area is 207 Å². The van der Waals surface area contributed by atoms with E-state index >= 15 is 0 Å². The number of hydrogen-bond donors (Lipinski definition) is 1. The highest BCUT2D eigenvalue weighted by molar-refractivity contribution is 5.80. The molecule has 1 N–H and O–H groups in total. The van der Waals surface area contributed by atoms with Gasteiger partial charge in [0.25, 0.3) is 5.56 Å². The van der Waals surface area contributed by atoms with Crippen molar-refractivity contribution in [1.82, 2.24) is 30.1 Å². The average Bonchev–Trinajstić information content (AvgIpc) is 3.54. The molecule has 8 heteroatoms. The maximum atomic E-state index is 13.2. The van der Waals surface area contributed by atoms with E-state index in [9.17, 15) is 4.79 Å². The van der Waals surface area contributed by atoms with Gasteiger partial charge in [-0.2, -0.15) is 0 Å². The molecule has 2 atom stereocenters. The van der Waals surface area contributed by atoms with E-state index in [0.717, 1.165) is 61.0 Å². The van der Waals surface area contributed by atoms with E-state index in [1.54, 1.807) is 0 Å². The van der Waals surface area contributed by atoms with Gasteiger partial charge in [0, 0.05) is 30.3 Å². The van der Waals surface area contributed by atoms with E-state index in [2.05, 4.69) is 64.4 Å². The van der Waals surface area contributed by atoms with E-state index in [0.29, 0.717) is 19.1 Å². The van der Waals surface area contributed by atoms with Crippen LogP contribution in [0.4, 0.5) is 0 Å². The molecule has 3 heterocycles. The van der Waals surface area contributed by atoms with E-state index in [1.165, 1.54) is 30.4 Å². The van der Waals surface area contributed by atoms with Gasteiger partial charge in [0.2, 0.25) is 0 Å². The first-order valence-corrected chi connectivity index (χ1v) is 13.3. The van der Waals surface area contributed by atoms with E-state index in [-0.39, 0.29) is 17.7 Å². The zero-order valence-corrected chi connectivity index (χ0v) is 21.3. The number of hydrogen-bond acceptors (Lipinski definition) is 6. The van der Waals surface area contributed by atoms with Crippen LogP contribution in [0, 0.1) is 13.8 Å². The maximum Gasteiger partial charge on any atom is 0.252 e. The molecule has 188 valence electrons. The molecule has 3 aromatic rings. The Morgan fingerprint density at radius 3 is 2.66 bits per heavy atom. The van der Waals surface area contributed by atoms with Gasteiger partial charge in [0.1, 0.15) is 0 Å². The number of nitrogens with one attached hydrogen (secondary N) is 1. The van der Waals surface area contributed by atoms with Crippen LogP contribution in [0.3, 0.4) is 0 Å². The third-order valence-corrected chi connectivity index (χ3v) is 7.98. The maximum absolute atomic E-state index is 13.2. The Morgan fingerprint density at radius 2 is 1.91 bits per heavy atom. The van der Waals surface area contributed by atoms with Crippen molar-refractivity contribution >= 4 is 10.9 Å². The average molecular weight is 479 g/mol. The number of aromatic amines is 1. The number of aryl methyl sites for hydroxylation is 2. The first kappa shape index (κ1) is 24.1. The molecule has 0 spiro atoms. The van der Waals surface area contributed by atoms with Crippen molar-refractivity contribution in [3.63, 3.8) is 0 Å². The summed E-state index contributed by atoms with van der Waals surface area (Å²) >= 11 is 0. The molecule has 5 rings (SSSR count). The molecule has 0 radical (unpaired) electrons. The van der Waals surface area contributed by atoms with Crippen molar-refractivity contribution in [3.8, 4) is 0 Å². The van der Waals surface area contributed by atoms with Gasteiger partial charge in [-0.05, 0) is 91.1 Å². The molecule has 8 nitrogen and oxygen atoms in total. The van der Waals surface area contributed by atoms with E-state index in [4.69, 9.17) is 4.74 Å². The number of aromatic nitrogens is 5. The number of ether oxygens (including phenoxy) is 1. The number of benzene rings is 1. The topological polar surface area (TPSA) is 88.9 Å². The van der Waals surface area contributed by atoms with Gasteiger partial charge >= 0.3 is 0 Å². The number of H-pyrrole nitrogens is 1. The summed E-state index contributed by atoms with van der Waals surface area (Å²) in [5.74, 6) is 0.886. The second kappa shape index (κ2) is 10.6. The zero-order valence-electron chi connectivity index (χ0n) is 21.3. The molecule has 35 heavy (non-hydrogen) atoms. The predicted molar refractivity (Wildman–Crippen MR) is 136 cm³/mol. The minimum Gasteiger partial charge on any atom is -0.376 e. The Hall–Kier alpha value is -2.58. The lowest BCUT2D eigenvalue weighted by Gasteiger charge is -2.39. The second-order valence-corrected chi connectivity index (χ2v) is 10.4. The molecule has 1 aliphatic carbocycles. The van der Waals surface area contributed by atoms with Gasteiger partial charge in [-0.25, -0.2) is 4.68 Å². The van der Waals surface area contributed by atoms with Crippen molar-refractivity contribution in [3.05, 3.63) is 51.1 Å². The molecule has 2 fully saturated rings. The Balaban J connectivity index is 1.49. The number of fused-ring (bicyclic) bond motifs is 1. The smallest absolute Gasteiger partial charge is 0.252 e. The largest absolute Gasteiger partial charge is 0.376 e. The molecular formula is C27H38N6O2. The SMILES string of the molecule is CCC(c1nnnn1CC1CCCO1)N(Cc1cc2cc(C)c(C)cc2[nH]c1=O)C1CCCCC1. The van der Waals surface area contributed by atoms with Crippen LogP contribution in [-0.4, -0.2) is 48.8 Å². The zero-order chi connectivity index (χ0) is 24.4. The van der Waals surface area contributed by atoms with Crippen molar-refractivity contribution in [2.45, 2.75) is 103 Å². The first-order chi connectivity index (χ1) is 17.0. The summed E-state index contributed by atoms with van der Waals surface area (Å²) in [6, 6.07) is 6.79. The number of nitrogens with zero attached hydrogens (tertiary/aromatic N) is 5. The van der Waals surface area contributed by atoms with Gasteiger partial charge in [0.05, 0.1) is 18.7 Å². The van der Waals surface area contributed by atoms with Gasteiger partial charge in [-0.15, -0.1) is 5.10 Å². The van der Waals surface area contributed by atoms with Crippen molar-refractivity contribution in [1.29, 1.82) is 0 Å². The minimum absolute atomic E-state index is 0.00429. The second-order valence-electron chi connectivity index (χ2n) is 10.4. The van der Waals surface area contributed by atoms with Crippen molar-refractivity contribution in [2.24, 2.45) is 0 Å². The fraction of sp³-hybridized carbons (Fsp3) is 0.630. The summed E-state index contributed by atoms with van der Waals surface area (Å²) in [6.07, 6.45) is 9.23. The minimum atomic E-state index is -0.00429. The standard InChI is InChI=1S/C27H38N6O2/c1-4-25(26-29-30-31-33(26)17-23-11-8-12-35-23)32(22-9-6-5-7-10-22)16-21-15-20-13-18(2)19(3)14-24(20)28-27(21)34/h13-15,22-23,25H,4-12,16-17H2,1-3H3,(H,28,34). The highest BCUT2D eigenvalue weighted by atomic mass is 16.5. The Bertz CT molecular complexity index is 1210. The van der Waals surface area contributed by atoms with Crippen LogP contribution in [0.5, 0.6) is 0 Å². The summed E-state index contributed by atoms with van der Waals surface area (Å²) in [5.41, 5.74) is 4.13. The molecule has 0 bridgehead atoms. The van der Waals surface area contributed by atoms with E-state index in [1.807, 2.05) is 4.68 Å². The summed E-state index contributed by atoms with van der Waals surface area (Å²) in [6.45, 7) is 8.49. The highest BCUT2D eigenvalue weighted by Crippen LogP contribution is 2.33. The fourth-order valence-electron chi connectivity index (χ4n) is 5.87. The van der Waals surface area contributed by atoms with Gasteiger partial charge in [0.15, 0.2) is 5.82 Å². The van der Waals surface area contributed by atoms with Crippen molar-refractivity contribution < 1.29 is 4.74 Å². The summed E-state index contributed by atoms with van der Waals surface area (Å²) in [5, 5.41) is 14.0. The molecule has 1 aromatic carbocycles. The highest BCUT2D eigenvalue weighted by Gasteiger charge is 2.32. The Kier molecular flexibility index (Phi) is 7.29. The molecule has 2 aliphatic rings. The lowest BCUT2D eigenvalue weighted by molar-refractivity contribution is 0.0734.